The highest BCUT2D eigenvalue weighted by Gasteiger charge is 2.43. The number of hydrogen-bond donors (Lipinski definition) is 3. The third kappa shape index (κ3) is 8.85. The number of carbonyl (C=O) groups excluding carboxylic acids is 1. The van der Waals surface area contributed by atoms with Gasteiger partial charge in [0.15, 0.2) is 5.78 Å². The fourth-order valence-electron chi connectivity index (χ4n) is 17.5. The molecular formula is C94H97N4O2-. The van der Waals surface area contributed by atoms with Crippen LogP contribution in [0.1, 0.15) is 228 Å². The summed E-state index contributed by atoms with van der Waals surface area (Å²) in [4.78, 5) is 34.9. The Hall–Kier alpha value is -9.00. The van der Waals surface area contributed by atoms with Crippen molar-refractivity contribution in [1.82, 2.24) is 19.9 Å². The zero-order chi connectivity index (χ0) is 71.5. The number of fused-ring (bicyclic) bond motifs is 11. The van der Waals surface area contributed by atoms with Crippen LogP contribution in [0.25, 0.3) is 155 Å². The number of allylic oxidation sites excluding steroid dienone is 2. The number of nitrogens with one attached hydrogen (secondary N) is 3. The third-order valence-corrected chi connectivity index (χ3v) is 23.5. The van der Waals surface area contributed by atoms with E-state index in [4.69, 9.17) is 4.98 Å². The van der Waals surface area contributed by atoms with Crippen molar-refractivity contribution in [3.05, 3.63) is 180 Å². The lowest BCUT2D eigenvalue weighted by molar-refractivity contribution is -0.293. The Morgan fingerprint density at radius 2 is 0.570 bits per heavy atom. The molecule has 3 N–H and O–H groups in total. The average molecular weight is 1310 g/mol. The number of hydrogen-bond acceptors (Lipinski definition) is 3. The summed E-state index contributed by atoms with van der Waals surface area (Å²) in [5.74, 6) is -0.582. The molecule has 17 rings (SSSR count). The molecule has 0 saturated heterocycles. The number of carbonyl (C=O) groups is 1. The number of ketones is 1. The maximum absolute atomic E-state index is 16.8. The molecule has 0 fully saturated rings. The summed E-state index contributed by atoms with van der Waals surface area (Å²) in [7, 11) is 0. The second-order valence-corrected chi connectivity index (χ2v) is 38.9. The van der Waals surface area contributed by atoms with Crippen LogP contribution < -0.4 is 10.5 Å². The molecule has 506 valence electrons. The normalized spacial score (nSPS) is 15.4. The van der Waals surface area contributed by atoms with Crippen molar-refractivity contribution in [3.8, 4) is 89.5 Å². The Bertz CT molecular complexity index is 6090. The lowest BCUT2D eigenvalue weighted by atomic mass is 9.80. The number of benzene rings is 8. The molecule has 0 atom stereocenters. The van der Waals surface area contributed by atoms with Crippen molar-refractivity contribution in [2.24, 2.45) is 0 Å². The van der Waals surface area contributed by atoms with Crippen LogP contribution in [0.5, 0.6) is 0 Å². The van der Waals surface area contributed by atoms with Crippen LogP contribution in [-0.2, 0) is 48.1 Å². The van der Waals surface area contributed by atoms with Gasteiger partial charge in [0.05, 0.1) is 33.8 Å². The van der Waals surface area contributed by atoms with Gasteiger partial charge in [-0.15, -0.1) is 0 Å². The molecule has 6 nitrogen and oxygen atoms in total. The zero-order valence-corrected chi connectivity index (χ0v) is 64.0. The molecule has 1 aliphatic heterocycles. The smallest absolute Gasteiger partial charge is 0.196 e. The maximum atomic E-state index is 16.8. The number of nitrogens with zero attached hydrogens (tertiary/aromatic N) is 1. The van der Waals surface area contributed by atoms with Gasteiger partial charge in [-0.2, -0.15) is 0 Å². The average Bonchev–Trinajstić information content (AvgIpc) is 1.52. The molecule has 100 heavy (non-hydrogen) atoms. The monoisotopic (exact) mass is 1310 g/mol. The Kier molecular flexibility index (Phi) is 12.6. The Labute approximate surface area is 590 Å². The van der Waals surface area contributed by atoms with Crippen molar-refractivity contribution < 1.29 is 9.90 Å². The van der Waals surface area contributed by atoms with Gasteiger partial charge in [-0.3, -0.25) is 4.79 Å². The van der Waals surface area contributed by atoms with E-state index in [0.29, 0.717) is 11.0 Å². The number of aromatic amines is 3. The van der Waals surface area contributed by atoms with Crippen molar-refractivity contribution in [3.63, 3.8) is 0 Å². The number of H-pyrrole nitrogens is 3. The van der Waals surface area contributed by atoms with E-state index in [0.717, 1.165) is 110 Å². The van der Waals surface area contributed by atoms with Gasteiger partial charge in [-0.05, 0) is 237 Å². The van der Waals surface area contributed by atoms with Gasteiger partial charge >= 0.3 is 0 Å². The van der Waals surface area contributed by atoms with Crippen molar-refractivity contribution in [2.45, 2.75) is 223 Å². The molecule has 3 aromatic heterocycles. The minimum atomic E-state index is -0.291. The Balaban J connectivity index is 1.000. The summed E-state index contributed by atoms with van der Waals surface area (Å²) in [5, 5.41) is 30.8. The van der Waals surface area contributed by atoms with Gasteiger partial charge in [-0.25, -0.2) is 4.98 Å². The van der Waals surface area contributed by atoms with Crippen LogP contribution >= 0.6 is 0 Å². The topological polar surface area (TPSA) is 100 Å². The molecule has 0 amide bonds. The molecule has 0 spiro atoms. The quantitative estimate of drug-likeness (QED) is 0.164. The summed E-state index contributed by atoms with van der Waals surface area (Å²) in [5.41, 5.74) is 28.8. The molecule has 6 heteroatoms. The standard InChI is InChI=1S/C94H98N4O2/c1-43-65-57-35-49(87(3,4)5)27-45-29-51(89(9,10)11)37-59(67(45)57)71(65)81(95-43)83-75-63-41-55(93(21,22)23)33-47-31-53(91(15,16)17)39-61(69(47)63)73(75)79(97-83)77-85(99)78(86(77)100)80-74-62-40-54(92(18,19)20)32-48-34-56(94(24,25)26)42-64(70(48)62)76(74)84(98-80)82-72-60-38-52(90(12,13)14)30-46-28-50(88(6,7)8)36-58(68(46)60)66(72)44(2)96-82/h27-42,95-97,99H,1-26H3/p-1. The van der Waals surface area contributed by atoms with Crippen molar-refractivity contribution in [2.75, 3.05) is 0 Å². The lowest BCUT2D eigenvalue weighted by Crippen LogP contribution is -2.34. The number of aromatic nitrogens is 4. The van der Waals surface area contributed by atoms with Crippen molar-refractivity contribution >= 4 is 70.8 Å². The predicted molar refractivity (Wildman–Crippen MR) is 422 cm³/mol. The minimum absolute atomic E-state index is 0.0957. The van der Waals surface area contributed by atoms with Gasteiger partial charge in [0.1, 0.15) is 0 Å². The van der Waals surface area contributed by atoms with E-state index < -0.39 is 0 Å². The molecule has 5 aliphatic carbocycles. The highest BCUT2D eigenvalue weighted by atomic mass is 16.3. The summed E-state index contributed by atoms with van der Waals surface area (Å²) < 4.78 is 0. The Morgan fingerprint density at radius 3 is 0.910 bits per heavy atom. The summed E-state index contributed by atoms with van der Waals surface area (Å²) in [6.07, 6.45) is 0. The van der Waals surface area contributed by atoms with Crippen molar-refractivity contribution in [1.29, 1.82) is 0 Å². The first-order valence-electron chi connectivity index (χ1n) is 36.6. The minimum Gasteiger partial charge on any atom is -0.871 e. The highest BCUT2D eigenvalue weighted by Crippen LogP contribution is 2.62. The summed E-state index contributed by atoms with van der Waals surface area (Å²) >= 11 is 0. The van der Waals surface area contributed by atoms with E-state index in [1.54, 1.807) is 0 Å². The molecule has 0 unspecified atom stereocenters. The first-order chi connectivity index (χ1) is 46.3. The van der Waals surface area contributed by atoms with Crippen LogP contribution in [0, 0.1) is 24.3 Å². The molecule has 0 bridgehead atoms. The van der Waals surface area contributed by atoms with Gasteiger partial charge in [0, 0.05) is 66.4 Å². The van der Waals surface area contributed by atoms with Crippen LogP contribution in [-0.4, -0.2) is 25.7 Å². The van der Waals surface area contributed by atoms with E-state index in [9.17, 15) is 0 Å². The lowest BCUT2D eigenvalue weighted by Gasteiger charge is -2.30. The molecule has 8 aromatic carbocycles. The predicted octanol–water partition coefficient (Wildman–Crippen LogP) is 23.5. The fraction of sp³-hybridized carbons (Fsp3) is 0.362. The molecule has 4 heterocycles. The van der Waals surface area contributed by atoms with E-state index in [-0.39, 0.29) is 66.0 Å². The highest BCUT2D eigenvalue weighted by molar-refractivity contribution is 6.52. The van der Waals surface area contributed by atoms with E-state index in [1.165, 1.54) is 99.4 Å². The molecule has 0 radical (unpaired) electrons. The molecular weight excluding hydrogens is 1220 g/mol. The number of rotatable bonds is 3. The SMILES string of the molecule is Cc1[nH]c(-c2[nH]c(C3=C([O-])C(=c4nc(-c5[nH]c(C)c6c5-c5cc(C(C)(C)C)cc7cc(C(C)(C)C)cc-6c57)c5c6cc(C(C)(C)C)cc7cc(C(C)(C)C)cc(c4=5)c76)C3=O)c3c2-c2cc(C(C)(C)C)cc4cc(C(C)(C)C)cc-3c24)c2c1-c1cc(C(C)(C)C)cc3cc(C(C)(C)C)cc-2c13. The van der Waals surface area contributed by atoms with Crippen LogP contribution in [0.3, 0.4) is 0 Å². The second-order valence-electron chi connectivity index (χ2n) is 38.9. The van der Waals surface area contributed by atoms with Gasteiger partial charge < -0.3 is 20.1 Å². The van der Waals surface area contributed by atoms with Gasteiger partial charge in [0.25, 0.3) is 0 Å². The second kappa shape index (κ2) is 19.5. The maximum Gasteiger partial charge on any atom is 0.196 e. The number of aryl methyl sites for hydroxylation is 2. The fourth-order valence-corrected chi connectivity index (χ4v) is 17.5. The van der Waals surface area contributed by atoms with E-state index in [2.05, 4.69) is 292 Å². The zero-order valence-electron chi connectivity index (χ0n) is 64.0. The first kappa shape index (κ1) is 64.4. The van der Waals surface area contributed by atoms with Gasteiger partial charge in [0.2, 0.25) is 0 Å². The van der Waals surface area contributed by atoms with Gasteiger partial charge in [-0.1, -0.05) is 220 Å². The summed E-state index contributed by atoms with van der Waals surface area (Å²) in [6.45, 7) is 59.6. The molecule has 0 saturated carbocycles. The van der Waals surface area contributed by atoms with Crippen LogP contribution in [0.2, 0.25) is 0 Å². The van der Waals surface area contributed by atoms with Crippen LogP contribution in [0.4, 0.5) is 0 Å². The first-order valence-corrected chi connectivity index (χ1v) is 36.6. The van der Waals surface area contributed by atoms with Crippen LogP contribution in [0.15, 0.2) is 103 Å². The largest absolute Gasteiger partial charge is 0.871 e. The number of Topliss-reactive ketones (excluding diaryl/α,β-unsaturated/α-hetero) is 1. The van der Waals surface area contributed by atoms with E-state index >= 15 is 9.90 Å². The third-order valence-electron chi connectivity index (χ3n) is 23.5. The van der Waals surface area contributed by atoms with E-state index in [1.807, 2.05) is 0 Å². The summed E-state index contributed by atoms with van der Waals surface area (Å²) in [6, 6.07) is 38.4. The molecule has 11 aromatic rings. The molecule has 6 aliphatic rings. The Morgan fingerprint density at radius 1 is 0.300 bits per heavy atom.